The summed E-state index contributed by atoms with van der Waals surface area (Å²) < 4.78 is 0. The van der Waals surface area contributed by atoms with Crippen molar-refractivity contribution in [3.05, 3.63) is 12.2 Å². The lowest BCUT2D eigenvalue weighted by atomic mass is 9.44. The normalized spacial score (nSPS) is 44.5. The van der Waals surface area contributed by atoms with Crippen molar-refractivity contribution in [2.45, 2.75) is 78.1 Å². The van der Waals surface area contributed by atoms with E-state index in [-0.39, 0.29) is 5.41 Å². The number of carbonyl (C=O) groups is 1. The van der Waals surface area contributed by atoms with E-state index < -0.39 is 0 Å². The number of hydrogen-bond donors (Lipinski definition) is 2. The predicted molar refractivity (Wildman–Crippen MR) is 113 cm³/mol. The Kier molecular flexibility index (Phi) is 6.29. The molecule has 0 aliphatic heterocycles. The third-order valence-corrected chi connectivity index (χ3v) is 8.92. The lowest BCUT2D eigenvalue weighted by molar-refractivity contribution is -0.135. The molecule has 2 N–H and O–H groups in total. The Morgan fingerprint density at radius 2 is 1.92 bits per heavy atom. The highest BCUT2D eigenvalue weighted by Crippen LogP contribution is 2.66. The molecule has 0 bridgehead atoms. The van der Waals surface area contributed by atoms with Crippen LogP contribution < -0.4 is 5.73 Å². The van der Waals surface area contributed by atoms with Crippen LogP contribution in [0.25, 0.3) is 0 Å². The van der Waals surface area contributed by atoms with Crippen LogP contribution in [0.3, 0.4) is 0 Å². The van der Waals surface area contributed by atoms with Gasteiger partial charge in [-0.05, 0) is 86.3 Å². The highest BCUT2D eigenvalue weighted by molar-refractivity contribution is 7.80. The van der Waals surface area contributed by atoms with Crippen molar-refractivity contribution in [3.63, 3.8) is 0 Å². The van der Waals surface area contributed by atoms with Crippen molar-refractivity contribution < 1.29 is 4.79 Å². The first kappa shape index (κ1) is 20.5. The Labute approximate surface area is 166 Å². The molecule has 148 valence electrons. The quantitative estimate of drug-likeness (QED) is 0.498. The number of thiol groups is 1. The van der Waals surface area contributed by atoms with Crippen LogP contribution in [-0.2, 0) is 4.79 Å². The van der Waals surface area contributed by atoms with E-state index in [9.17, 15) is 4.79 Å². The molecule has 4 rings (SSSR count). The maximum atomic E-state index is 12.4. The van der Waals surface area contributed by atoms with Gasteiger partial charge in [0.05, 0.1) is 0 Å². The van der Waals surface area contributed by atoms with Gasteiger partial charge in [0.1, 0.15) is 5.78 Å². The van der Waals surface area contributed by atoms with Crippen LogP contribution in [0.15, 0.2) is 12.2 Å². The summed E-state index contributed by atoms with van der Waals surface area (Å²) in [6, 6.07) is 0. The summed E-state index contributed by atoms with van der Waals surface area (Å²) in [4.78, 5) is 12.4. The van der Waals surface area contributed by atoms with Crippen LogP contribution in [0.1, 0.15) is 78.1 Å². The van der Waals surface area contributed by atoms with Gasteiger partial charge in [-0.2, -0.15) is 12.6 Å². The number of rotatable bonds is 2. The number of carbonyl (C=O) groups excluding carboxylic acids is 1. The van der Waals surface area contributed by atoms with Gasteiger partial charge in [-0.1, -0.05) is 38.8 Å². The molecule has 0 aromatic heterocycles. The van der Waals surface area contributed by atoms with Crippen molar-refractivity contribution >= 4 is 18.4 Å². The average Bonchev–Trinajstić information content (AvgIpc) is 2.92. The van der Waals surface area contributed by atoms with Gasteiger partial charge in [-0.3, -0.25) is 4.79 Å². The first-order chi connectivity index (χ1) is 12.4. The fourth-order valence-corrected chi connectivity index (χ4v) is 7.35. The lowest BCUT2D eigenvalue weighted by Gasteiger charge is -2.60. The van der Waals surface area contributed by atoms with E-state index in [2.05, 4.69) is 33.1 Å². The number of allylic oxidation sites excluding steroid dienone is 1. The molecule has 0 aromatic rings. The fourth-order valence-electron chi connectivity index (χ4n) is 7.17. The third kappa shape index (κ3) is 3.32. The smallest absolute Gasteiger partial charge is 0.139 e. The maximum Gasteiger partial charge on any atom is 0.139 e. The van der Waals surface area contributed by atoms with Crippen molar-refractivity contribution in [3.8, 4) is 0 Å². The summed E-state index contributed by atoms with van der Waals surface area (Å²) in [5.74, 6) is 4.51. The molecule has 2 nitrogen and oxygen atoms in total. The van der Waals surface area contributed by atoms with Gasteiger partial charge in [0.25, 0.3) is 0 Å². The topological polar surface area (TPSA) is 43.1 Å². The highest BCUT2D eigenvalue weighted by Gasteiger charge is 2.60. The Bertz CT molecular complexity index is 544. The zero-order valence-electron chi connectivity index (χ0n) is 16.9. The van der Waals surface area contributed by atoms with E-state index in [0.29, 0.717) is 17.1 Å². The van der Waals surface area contributed by atoms with E-state index in [4.69, 9.17) is 5.73 Å². The van der Waals surface area contributed by atoms with Crippen LogP contribution in [0.2, 0.25) is 0 Å². The molecule has 4 aliphatic carbocycles. The summed E-state index contributed by atoms with van der Waals surface area (Å²) >= 11 is 3.92. The van der Waals surface area contributed by atoms with Gasteiger partial charge in [0.15, 0.2) is 0 Å². The number of fused-ring (bicyclic) bond motifs is 5. The van der Waals surface area contributed by atoms with Crippen LogP contribution in [0.4, 0.5) is 0 Å². The molecule has 3 heteroatoms. The Balaban J connectivity index is 0.000000349. The second kappa shape index (κ2) is 7.99. The van der Waals surface area contributed by atoms with Crippen molar-refractivity contribution in [1.29, 1.82) is 0 Å². The Morgan fingerprint density at radius 1 is 1.15 bits per heavy atom. The fraction of sp³-hybridized carbons (Fsp3) is 0.870. The molecule has 26 heavy (non-hydrogen) atoms. The van der Waals surface area contributed by atoms with E-state index in [1.807, 2.05) is 0 Å². The van der Waals surface area contributed by atoms with Crippen LogP contribution >= 0.6 is 12.6 Å². The van der Waals surface area contributed by atoms with Crippen molar-refractivity contribution in [2.24, 2.45) is 40.2 Å². The predicted octanol–water partition coefficient (Wildman–Crippen LogP) is 5.42. The zero-order chi connectivity index (χ0) is 18.9. The van der Waals surface area contributed by atoms with Crippen LogP contribution in [0.5, 0.6) is 0 Å². The van der Waals surface area contributed by atoms with Crippen molar-refractivity contribution in [1.82, 2.24) is 0 Å². The van der Waals surface area contributed by atoms with Crippen LogP contribution in [0, 0.1) is 34.5 Å². The van der Waals surface area contributed by atoms with E-state index in [0.717, 1.165) is 55.7 Å². The molecular formula is C23H39NOS. The van der Waals surface area contributed by atoms with Gasteiger partial charge in [0.2, 0.25) is 0 Å². The summed E-state index contributed by atoms with van der Waals surface area (Å²) in [6.45, 7) is 10.1. The third-order valence-electron chi connectivity index (χ3n) is 8.60. The molecule has 0 saturated heterocycles. The molecule has 0 amide bonds. The molecule has 0 heterocycles. The maximum absolute atomic E-state index is 12.4. The number of ketones is 1. The Hall–Kier alpha value is -0.280. The second-order valence-electron chi connectivity index (χ2n) is 9.83. The SMILES string of the molecule is C=C1CC2C(CC[C@]3(C)C(=O)CCC23)[C@@]2(C)CCCCC12.NCCCS. The number of hydrogen-bond acceptors (Lipinski definition) is 3. The minimum Gasteiger partial charge on any atom is -0.330 e. The van der Waals surface area contributed by atoms with E-state index in [1.54, 1.807) is 0 Å². The van der Waals surface area contributed by atoms with E-state index >= 15 is 0 Å². The monoisotopic (exact) mass is 377 g/mol. The van der Waals surface area contributed by atoms with Gasteiger partial charge in [-0.25, -0.2) is 0 Å². The molecule has 4 saturated carbocycles. The van der Waals surface area contributed by atoms with Crippen molar-refractivity contribution in [2.75, 3.05) is 12.3 Å². The molecule has 0 radical (unpaired) electrons. The van der Waals surface area contributed by atoms with E-state index in [1.165, 1.54) is 44.1 Å². The van der Waals surface area contributed by atoms with Gasteiger partial charge in [-0.15, -0.1) is 0 Å². The average molecular weight is 378 g/mol. The van der Waals surface area contributed by atoms with Gasteiger partial charge < -0.3 is 5.73 Å². The molecule has 6 atom stereocenters. The number of nitrogens with two attached hydrogens (primary N) is 1. The molecular weight excluding hydrogens is 338 g/mol. The standard InChI is InChI=1S/C20H30O.C3H9NS/c1-13-12-14-16-7-8-18(21)20(16,3)11-9-17(14)19(2)10-5-4-6-15(13)19;4-2-1-3-5/h14-17H,1,4-12H2,2-3H3;5H,1-4H2/t14?,15?,16?,17?,19-,20-;/m0./s1. The van der Waals surface area contributed by atoms with Gasteiger partial charge >= 0.3 is 0 Å². The highest BCUT2D eigenvalue weighted by atomic mass is 32.1. The molecule has 0 aromatic carbocycles. The first-order valence-electron chi connectivity index (χ1n) is 10.9. The largest absolute Gasteiger partial charge is 0.330 e. The van der Waals surface area contributed by atoms with Crippen LogP contribution in [-0.4, -0.2) is 18.1 Å². The second-order valence-corrected chi connectivity index (χ2v) is 10.3. The summed E-state index contributed by atoms with van der Waals surface area (Å²) in [5, 5.41) is 0. The molecule has 4 fully saturated rings. The first-order valence-corrected chi connectivity index (χ1v) is 11.5. The minimum atomic E-state index is 0.0132. The molecule has 4 aliphatic rings. The zero-order valence-corrected chi connectivity index (χ0v) is 17.8. The molecule has 0 spiro atoms. The minimum absolute atomic E-state index is 0.0132. The lowest BCUT2D eigenvalue weighted by Crippen LogP contribution is -2.53. The number of Topliss-reactive ketones (excluding diaryl/α,β-unsaturated/α-hetero) is 1. The summed E-state index contributed by atoms with van der Waals surface area (Å²) in [7, 11) is 0. The molecule has 4 unspecified atom stereocenters. The van der Waals surface area contributed by atoms with Gasteiger partial charge in [0, 0.05) is 11.8 Å². The Morgan fingerprint density at radius 3 is 2.58 bits per heavy atom. The summed E-state index contributed by atoms with van der Waals surface area (Å²) in [6.07, 6.45) is 12.3. The summed E-state index contributed by atoms with van der Waals surface area (Å²) in [5.41, 5.74) is 7.12.